The molecule has 0 saturated heterocycles. The number of alkyl halides is 1. The van der Waals surface area contributed by atoms with Gasteiger partial charge >= 0.3 is 0 Å². The van der Waals surface area contributed by atoms with E-state index < -0.39 is 0 Å². The Morgan fingerprint density at radius 1 is 1.43 bits per heavy atom. The molecule has 0 rings (SSSR count). The second-order valence-electron chi connectivity index (χ2n) is 0.394. The number of hydrogen-bond donors (Lipinski definition) is 0. The van der Waals surface area contributed by atoms with Gasteiger partial charge in [-0.15, -0.1) is 0 Å². The molecule has 0 unspecified atom stereocenters. The van der Waals surface area contributed by atoms with Gasteiger partial charge in [-0.25, -0.2) is 9.78 Å². The van der Waals surface area contributed by atoms with Crippen LogP contribution in [0.3, 0.4) is 0 Å². The third-order valence-electron chi connectivity index (χ3n) is 0.162. The second kappa shape index (κ2) is 16.1. The average molecular weight is 171 g/mol. The Balaban J connectivity index is 0. The van der Waals surface area contributed by atoms with E-state index in [1.165, 1.54) is 7.11 Å². The van der Waals surface area contributed by atoms with Gasteiger partial charge in [-0.3, -0.25) is 0 Å². The van der Waals surface area contributed by atoms with Crippen LogP contribution in [0.15, 0.2) is 0 Å². The van der Waals surface area contributed by atoms with Gasteiger partial charge in [0.25, 0.3) is 0 Å². The van der Waals surface area contributed by atoms with E-state index >= 15 is 0 Å². The summed E-state index contributed by atoms with van der Waals surface area (Å²) in [5.74, 6) is 0. The highest BCUT2D eigenvalue weighted by molar-refractivity contribution is 9.09. The molecule has 0 aromatic carbocycles. The molecule has 0 aliphatic heterocycles. The molecular weight excluding hydrogens is 160 g/mol. The monoisotopic (exact) mass is 170 g/mol. The summed E-state index contributed by atoms with van der Waals surface area (Å²) in [6.07, 6.45) is 0. The largest absolute Gasteiger partial charge is 0.239 e. The van der Waals surface area contributed by atoms with Gasteiger partial charge in [0.2, 0.25) is 0 Å². The fourth-order valence-corrected chi connectivity index (χ4v) is 0.231. The van der Waals surface area contributed by atoms with Crippen LogP contribution in [-0.2, 0) is 9.78 Å². The molecule has 0 radical (unpaired) electrons. The molecule has 46 valence electrons. The lowest BCUT2D eigenvalue weighted by Gasteiger charge is -1.85. The van der Waals surface area contributed by atoms with Crippen molar-refractivity contribution in [2.75, 3.05) is 12.6 Å². The molecule has 0 aromatic rings. The zero-order valence-corrected chi connectivity index (χ0v) is 6.49. The van der Waals surface area contributed by atoms with Crippen LogP contribution in [-0.4, -0.2) is 12.6 Å². The van der Waals surface area contributed by atoms with Crippen molar-refractivity contribution < 1.29 is 9.78 Å². The molecule has 0 aliphatic carbocycles. The summed E-state index contributed by atoms with van der Waals surface area (Å²) in [7, 11) is 1.46. The van der Waals surface area contributed by atoms with Crippen LogP contribution in [0.1, 0.15) is 13.8 Å². The molecular formula is C4H11BrO2. The predicted molar refractivity (Wildman–Crippen MR) is 33.2 cm³/mol. The summed E-state index contributed by atoms with van der Waals surface area (Å²) < 4.78 is 0. The Kier molecular flexibility index (Phi) is 24.0. The third kappa shape index (κ3) is 21.5. The lowest BCUT2D eigenvalue weighted by Crippen LogP contribution is -1.80. The lowest BCUT2D eigenvalue weighted by atomic mass is 11.0. The molecule has 0 atom stereocenters. The summed E-state index contributed by atoms with van der Waals surface area (Å²) in [6, 6.07) is 0. The van der Waals surface area contributed by atoms with Gasteiger partial charge in [0.05, 0.1) is 7.11 Å². The Labute approximate surface area is 52.9 Å². The van der Waals surface area contributed by atoms with E-state index in [0.717, 1.165) is 0 Å². The first-order valence-electron chi connectivity index (χ1n) is 2.13. The van der Waals surface area contributed by atoms with Crippen molar-refractivity contribution in [3.8, 4) is 0 Å². The summed E-state index contributed by atoms with van der Waals surface area (Å²) in [5.41, 5.74) is 0.434. The predicted octanol–water partition coefficient (Wildman–Crippen LogP) is 1.94. The van der Waals surface area contributed by atoms with E-state index in [-0.39, 0.29) is 0 Å². The minimum atomic E-state index is 0.434. The van der Waals surface area contributed by atoms with Crippen molar-refractivity contribution in [3.05, 3.63) is 0 Å². The first-order chi connectivity index (χ1) is 3.41. The molecule has 0 fully saturated rings. The van der Waals surface area contributed by atoms with E-state index in [1.54, 1.807) is 0 Å². The summed E-state index contributed by atoms with van der Waals surface area (Å²) in [4.78, 5) is 8.39. The minimum absolute atomic E-state index is 0.434. The van der Waals surface area contributed by atoms with Crippen LogP contribution < -0.4 is 0 Å². The van der Waals surface area contributed by atoms with Crippen LogP contribution >= 0.6 is 15.9 Å². The zero-order chi connectivity index (χ0) is 6.12. The molecule has 2 nitrogen and oxygen atoms in total. The molecule has 0 saturated carbocycles. The van der Waals surface area contributed by atoms with Crippen molar-refractivity contribution in [3.63, 3.8) is 0 Å². The van der Waals surface area contributed by atoms with E-state index in [9.17, 15) is 0 Å². The Bertz CT molecular complexity index is 17.2. The lowest BCUT2D eigenvalue weighted by molar-refractivity contribution is -0.253. The van der Waals surface area contributed by atoms with Gasteiger partial charge in [-0.1, -0.05) is 29.8 Å². The normalized spacial score (nSPS) is 6.86. The van der Waals surface area contributed by atoms with Gasteiger partial charge in [0, 0.05) is 0 Å². The average Bonchev–Trinajstić information content (AvgIpc) is 1.75. The number of rotatable bonds is 2. The van der Waals surface area contributed by atoms with Crippen LogP contribution in [0.2, 0.25) is 0 Å². The number of halogens is 1. The van der Waals surface area contributed by atoms with Crippen LogP contribution in [0.4, 0.5) is 0 Å². The molecule has 0 aliphatic rings. The highest BCUT2D eigenvalue weighted by Crippen LogP contribution is 1.78. The first-order valence-corrected chi connectivity index (χ1v) is 3.25. The van der Waals surface area contributed by atoms with Crippen molar-refractivity contribution in [1.82, 2.24) is 0 Å². The van der Waals surface area contributed by atoms with Crippen molar-refractivity contribution >= 4 is 15.9 Å². The van der Waals surface area contributed by atoms with Gasteiger partial charge in [-0.05, 0) is 0 Å². The van der Waals surface area contributed by atoms with Crippen LogP contribution in [0.25, 0.3) is 0 Å². The van der Waals surface area contributed by atoms with Crippen LogP contribution in [0.5, 0.6) is 0 Å². The Morgan fingerprint density at radius 2 is 1.86 bits per heavy atom. The molecule has 0 amide bonds. The molecule has 0 spiro atoms. The van der Waals surface area contributed by atoms with E-state index in [0.29, 0.717) is 5.52 Å². The standard InChI is InChI=1S/C2H5BrO2.C2H6/c1-4-5-2-3;1-2/h2H2,1H3;1-2H3. The highest BCUT2D eigenvalue weighted by atomic mass is 79.9. The SMILES string of the molecule is CC.COOCBr. The van der Waals surface area contributed by atoms with Gasteiger partial charge in [0.15, 0.2) is 0 Å². The fourth-order valence-electron chi connectivity index (χ4n) is 0.0445. The molecule has 0 bridgehead atoms. The van der Waals surface area contributed by atoms with Gasteiger partial charge in [-0.2, -0.15) is 0 Å². The topological polar surface area (TPSA) is 18.5 Å². The first kappa shape index (κ1) is 10.4. The van der Waals surface area contributed by atoms with Crippen LogP contribution in [0, 0.1) is 0 Å². The molecule has 3 heteroatoms. The summed E-state index contributed by atoms with van der Waals surface area (Å²) in [6.45, 7) is 4.00. The Hall–Kier alpha value is 0.400. The van der Waals surface area contributed by atoms with Crippen molar-refractivity contribution in [2.45, 2.75) is 13.8 Å². The summed E-state index contributed by atoms with van der Waals surface area (Å²) in [5, 5.41) is 0. The second-order valence-corrected chi connectivity index (χ2v) is 0.851. The van der Waals surface area contributed by atoms with Gasteiger partial charge in [0.1, 0.15) is 5.52 Å². The maximum atomic E-state index is 4.25. The van der Waals surface area contributed by atoms with E-state index in [4.69, 9.17) is 0 Å². The quantitative estimate of drug-likeness (QED) is 0.359. The smallest absolute Gasteiger partial charge is 0.137 e. The Morgan fingerprint density at radius 3 is 1.86 bits per heavy atom. The molecule has 0 heterocycles. The van der Waals surface area contributed by atoms with Crippen molar-refractivity contribution in [2.24, 2.45) is 0 Å². The number of hydrogen-bond acceptors (Lipinski definition) is 2. The fraction of sp³-hybridized carbons (Fsp3) is 1.00. The summed E-state index contributed by atoms with van der Waals surface area (Å²) >= 11 is 2.96. The zero-order valence-electron chi connectivity index (χ0n) is 4.90. The molecule has 0 aromatic heterocycles. The van der Waals surface area contributed by atoms with E-state index in [2.05, 4.69) is 25.7 Å². The molecule has 0 N–H and O–H groups in total. The van der Waals surface area contributed by atoms with Crippen molar-refractivity contribution in [1.29, 1.82) is 0 Å². The van der Waals surface area contributed by atoms with Gasteiger partial charge < -0.3 is 0 Å². The maximum Gasteiger partial charge on any atom is 0.137 e. The molecule has 7 heavy (non-hydrogen) atoms. The third-order valence-corrected chi connectivity index (χ3v) is 0.349. The maximum absolute atomic E-state index is 4.25. The highest BCUT2D eigenvalue weighted by Gasteiger charge is 1.65. The minimum Gasteiger partial charge on any atom is -0.239 e. The van der Waals surface area contributed by atoms with E-state index in [1.807, 2.05) is 13.8 Å².